The molecule has 18 heteroatoms. The molecule has 3 aromatic rings. The maximum Gasteiger partial charge on any atom is 0.340 e. The van der Waals surface area contributed by atoms with Gasteiger partial charge in [-0.05, 0) is 134 Å². The Balaban J connectivity index is 0.000000244. The van der Waals surface area contributed by atoms with E-state index in [0.29, 0.717) is 86.9 Å². The molecule has 250 valence electrons. The van der Waals surface area contributed by atoms with Crippen LogP contribution in [-0.2, 0) is 35.3 Å². The fourth-order valence-electron chi connectivity index (χ4n) is 4.85. The molecule has 4 N–H and O–H groups in total. The standard InChI is InChI=1S/C20H8I4O5.C8H18O7S2/c21-11-5-9-17(13(23)15(11)25)28-18-10(6-12(22)16(26)14(18)24)20(9)8-4-2-1-3-7(8)19(27)29-20;9-16(10,11)7-3-1-5-15-6-2-4-8-17(12,13)14/h1-6,25-26H;1-8H2,(H,9,10,11)(H,12,13,14). The molecule has 3 aromatic carbocycles. The van der Waals surface area contributed by atoms with Crippen LogP contribution in [0.5, 0.6) is 23.0 Å². The smallest absolute Gasteiger partial charge is 0.340 e. The Labute approximate surface area is 320 Å². The fraction of sp³-hybridized carbons (Fsp3) is 0.321. The van der Waals surface area contributed by atoms with Gasteiger partial charge in [0.05, 0.1) is 42.5 Å². The summed E-state index contributed by atoms with van der Waals surface area (Å²) in [5.74, 6) is 0.0589. The average molecular weight is 1130 g/mol. The molecule has 1 spiro atoms. The lowest BCUT2D eigenvalue weighted by Gasteiger charge is -2.37. The van der Waals surface area contributed by atoms with Gasteiger partial charge in [-0.2, -0.15) is 16.8 Å². The van der Waals surface area contributed by atoms with E-state index in [0.717, 1.165) is 0 Å². The number of hydrogen-bond donors (Lipinski definition) is 4. The minimum Gasteiger partial charge on any atom is -0.506 e. The van der Waals surface area contributed by atoms with E-state index in [1.165, 1.54) is 0 Å². The van der Waals surface area contributed by atoms with Crippen molar-refractivity contribution >= 4 is 117 Å². The highest BCUT2D eigenvalue weighted by molar-refractivity contribution is 14.1. The van der Waals surface area contributed by atoms with Crippen LogP contribution in [0.15, 0.2) is 36.4 Å². The van der Waals surface area contributed by atoms with Gasteiger partial charge < -0.3 is 24.4 Å². The van der Waals surface area contributed by atoms with Gasteiger partial charge >= 0.3 is 5.97 Å². The zero-order valence-corrected chi connectivity index (χ0v) is 33.8. The summed E-state index contributed by atoms with van der Waals surface area (Å²) in [5, 5.41) is 21.0. The van der Waals surface area contributed by atoms with Crippen LogP contribution in [0.3, 0.4) is 0 Å². The fourth-order valence-corrected chi connectivity index (χ4v) is 9.56. The molecule has 0 atom stereocenters. The first-order valence-electron chi connectivity index (χ1n) is 13.4. The van der Waals surface area contributed by atoms with Crippen molar-refractivity contribution < 1.29 is 55.2 Å². The molecule has 0 aromatic heterocycles. The molecule has 0 saturated carbocycles. The van der Waals surface area contributed by atoms with E-state index in [2.05, 4.69) is 45.2 Å². The number of carbonyl (C=O) groups is 1. The molecule has 0 amide bonds. The van der Waals surface area contributed by atoms with Gasteiger partial charge in [-0.25, -0.2) is 4.79 Å². The number of rotatable bonds is 10. The van der Waals surface area contributed by atoms with Crippen LogP contribution >= 0.6 is 90.4 Å². The van der Waals surface area contributed by atoms with Crippen molar-refractivity contribution in [3.8, 4) is 23.0 Å². The number of unbranched alkanes of at least 4 members (excludes halogenated alkanes) is 2. The molecule has 2 aliphatic rings. The largest absolute Gasteiger partial charge is 0.506 e. The molecule has 5 rings (SSSR count). The Bertz CT molecular complexity index is 1780. The highest BCUT2D eigenvalue weighted by Crippen LogP contribution is 2.60. The number of phenols is 2. The van der Waals surface area contributed by atoms with Crippen molar-refractivity contribution in [2.75, 3.05) is 24.7 Å². The zero-order chi connectivity index (χ0) is 34.0. The third kappa shape index (κ3) is 8.50. The molecule has 46 heavy (non-hydrogen) atoms. The summed E-state index contributed by atoms with van der Waals surface area (Å²) in [6, 6.07) is 10.9. The lowest BCUT2D eigenvalue weighted by molar-refractivity contribution is 0.0222. The highest BCUT2D eigenvalue weighted by Gasteiger charge is 2.55. The lowest BCUT2D eigenvalue weighted by Crippen LogP contribution is -2.34. The molecule has 2 heterocycles. The monoisotopic (exact) mass is 1130 g/mol. The summed E-state index contributed by atoms with van der Waals surface area (Å²) in [6.45, 7) is 0.725. The van der Waals surface area contributed by atoms with Crippen molar-refractivity contribution in [1.82, 2.24) is 0 Å². The minimum atomic E-state index is -3.89. The number of phenolic OH excluding ortho intramolecular Hbond substituents is 2. The van der Waals surface area contributed by atoms with Gasteiger partial charge in [0.1, 0.15) is 11.5 Å². The third-order valence-corrected chi connectivity index (χ3v) is 12.2. The van der Waals surface area contributed by atoms with Crippen LogP contribution in [-0.4, -0.2) is 66.8 Å². The number of carbonyl (C=O) groups excluding carboxylic acids is 1. The van der Waals surface area contributed by atoms with Crippen LogP contribution in [0.25, 0.3) is 0 Å². The average Bonchev–Trinajstić information content (AvgIpc) is 3.27. The molecule has 12 nitrogen and oxygen atoms in total. The van der Waals surface area contributed by atoms with Gasteiger partial charge in [0, 0.05) is 18.8 Å². The quantitative estimate of drug-likeness (QED) is 0.0755. The van der Waals surface area contributed by atoms with Gasteiger partial charge in [-0.1, -0.05) is 18.2 Å². The van der Waals surface area contributed by atoms with E-state index in [1.54, 1.807) is 24.3 Å². The molecule has 0 bridgehead atoms. The van der Waals surface area contributed by atoms with Gasteiger partial charge in [0.25, 0.3) is 20.2 Å². The van der Waals surface area contributed by atoms with Crippen molar-refractivity contribution in [1.29, 1.82) is 0 Å². The molecule has 0 aliphatic carbocycles. The number of benzene rings is 3. The second-order valence-electron chi connectivity index (χ2n) is 10.1. The molecule has 0 unspecified atom stereocenters. The Morgan fingerprint density at radius 2 is 1.17 bits per heavy atom. The summed E-state index contributed by atoms with van der Waals surface area (Å²) in [6.07, 6.45) is 1.67. The molecular formula is C28H26I4O12S2. The number of hydrogen-bond acceptors (Lipinski definition) is 10. The summed E-state index contributed by atoms with van der Waals surface area (Å²) in [4.78, 5) is 12.9. The van der Waals surface area contributed by atoms with Gasteiger partial charge in [-0.15, -0.1) is 0 Å². The third-order valence-electron chi connectivity index (χ3n) is 6.92. The highest BCUT2D eigenvalue weighted by atomic mass is 127. The van der Waals surface area contributed by atoms with E-state index in [1.807, 2.05) is 57.3 Å². The molecule has 0 saturated heterocycles. The van der Waals surface area contributed by atoms with E-state index >= 15 is 0 Å². The summed E-state index contributed by atoms with van der Waals surface area (Å²) < 4.78 is 77.9. The first kappa shape index (κ1) is 38.0. The molecule has 0 fully saturated rings. The van der Waals surface area contributed by atoms with Crippen molar-refractivity contribution in [2.24, 2.45) is 0 Å². The van der Waals surface area contributed by atoms with Gasteiger partial charge in [-0.3, -0.25) is 9.11 Å². The lowest BCUT2D eigenvalue weighted by atomic mass is 9.77. The molecular weight excluding hydrogens is 1100 g/mol. The first-order chi connectivity index (χ1) is 21.5. The molecule has 0 radical (unpaired) electrons. The summed E-state index contributed by atoms with van der Waals surface area (Å²) in [7, 11) is -7.78. The normalized spacial score (nSPS) is 14.4. The second-order valence-corrected chi connectivity index (χ2v) is 17.7. The Hall–Kier alpha value is -0.770. The topological polar surface area (TPSA) is 194 Å². The maximum atomic E-state index is 12.9. The number of fused-ring (bicyclic) bond motifs is 6. The van der Waals surface area contributed by atoms with Crippen molar-refractivity contribution in [2.45, 2.75) is 31.3 Å². The van der Waals surface area contributed by atoms with E-state index in [4.69, 9.17) is 23.3 Å². The summed E-state index contributed by atoms with van der Waals surface area (Å²) in [5.41, 5.74) is 1.27. The van der Waals surface area contributed by atoms with E-state index in [-0.39, 0.29) is 23.0 Å². The van der Waals surface area contributed by atoms with E-state index < -0.39 is 31.8 Å². The van der Waals surface area contributed by atoms with Crippen LogP contribution in [0.4, 0.5) is 0 Å². The van der Waals surface area contributed by atoms with Crippen LogP contribution in [0, 0.1) is 14.3 Å². The first-order valence-corrected chi connectivity index (χ1v) is 20.9. The number of ether oxygens (including phenoxy) is 3. The number of halogens is 4. The SMILES string of the molecule is O=C1OC2(c3ccccc31)c1cc(I)c(O)c(I)c1Oc1c2cc(I)c(O)c1I.O=S(=O)(O)CCCCOCCCCS(=O)(=O)O. The van der Waals surface area contributed by atoms with Crippen LogP contribution < -0.4 is 4.74 Å². The zero-order valence-electron chi connectivity index (χ0n) is 23.5. The van der Waals surface area contributed by atoms with Crippen molar-refractivity contribution in [3.63, 3.8) is 0 Å². The van der Waals surface area contributed by atoms with Crippen LogP contribution in [0.1, 0.15) is 52.7 Å². The van der Waals surface area contributed by atoms with E-state index in [9.17, 15) is 31.8 Å². The predicted octanol–water partition coefficient (Wildman–Crippen LogP) is 6.42. The van der Waals surface area contributed by atoms with Gasteiger partial charge in [0.15, 0.2) is 17.1 Å². The maximum absolute atomic E-state index is 12.9. The minimum absolute atomic E-state index is 0.103. The Kier molecular flexibility index (Phi) is 12.7. The predicted molar refractivity (Wildman–Crippen MR) is 201 cm³/mol. The Morgan fingerprint density at radius 1 is 0.717 bits per heavy atom. The second kappa shape index (κ2) is 15.4. The number of aromatic hydroxyl groups is 2. The number of esters is 1. The van der Waals surface area contributed by atoms with Crippen molar-refractivity contribution in [3.05, 3.63) is 72.9 Å². The van der Waals surface area contributed by atoms with Crippen LogP contribution in [0.2, 0.25) is 0 Å². The van der Waals surface area contributed by atoms with Gasteiger partial charge in [0.2, 0.25) is 0 Å². The molecule has 2 aliphatic heterocycles. The summed E-state index contributed by atoms with van der Waals surface area (Å²) >= 11 is 8.17. The Morgan fingerprint density at radius 3 is 1.63 bits per heavy atom.